The van der Waals surface area contributed by atoms with E-state index in [9.17, 15) is 5.11 Å². The molecule has 1 aliphatic heterocycles. The van der Waals surface area contributed by atoms with E-state index in [4.69, 9.17) is 5.73 Å². The van der Waals surface area contributed by atoms with Gasteiger partial charge in [0.2, 0.25) is 0 Å². The summed E-state index contributed by atoms with van der Waals surface area (Å²) in [7, 11) is 0. The molecule has 1 fully saturated rings. The van der Waals surface area contributed by atoms with Crippen molar-refractivity contribution in [3.05, 3.63) is 24.3 Å². The molecule has 1 atom stereocenters. The molecular weight excluding hydrogens is 176 g/mol. The zero-order valence-corrected chi connectivity index (χ0v) is 8.19. The van der Waals surface area contributed by atoms with Crippen molar-refractivity contribution in [3.63, 3.8) is 0 Å². The first-order valence-corrected chi connectivity index (χ1v) is 5.05. The molecule has 0 unspecified atom stereocenters. The van der Waals surface area contributed by atoms with Crippen LogP contribution in [0.25, 0.3) is 0 Å². The molecule has 0 amide bonds. The van der Waals surface area contributed by atoms with Gasteiger partial charge in [-0.25, -0.2) is 0 Å². The average molecular weight is 192 g/mol. The normalized spacial score (nSPS) is 21.5. The highest BCUT2D eigenvalue weighted by molar-refractivity contribution is 5.68. The molecule has 3 nitrogen and oxygen atoms in total. The van der Waals surface area contributed by atoms with Gasteiger partial charge in [0.25, 0.3) is 0 Å². The lowest BCUT2D eigenvalue weighted by atomic mass is 10.2. The highest BCUT2D eigenvalue weighted by Crippen LogP contribution is 2.29. The predicted octanol–water partition coefficient (Wildman–Crippen LogP) is 1.23. The monoisotopic (exact) mass is 192 g/mol. The minimum Gasteiger partial charge on any atom is -0.397 e. The summed E-state index contributed by atoms with van der Waals surface area (Å²) in [4.78, 5) is 2.20. The van der Waals surface area contributed by atoms with E-state index in [2.05, 4.69) is 4.90 Å². The van der Waals surface area contributed by atoms with Gasteiger partial charge in [0, 0.05) is 6.54 Å². The third-order valence-electron chi connectivity index (χ3n) is 2.83. The molecule has 0 aliphatic carbocycles. The number of benzene rings is 1. The lowest BCUT2D eigenvalue weighted by Gasteiger charge is -2.26. The Morgan fingerprint density at radius 1 is 1.43 bits per heavy atom. The molecule has 1 heterocycles. The highest BCUT2D eigenvalue weighted by Gasteiger charge is 2.24. The standard InChI is InChI=1S/C11H16N2O/c12-10-5-1-2-6-11(10)13-7-3-4-9(13)8-14/h1-2,5-6,9,14H,3-4,7-8,12H2/t9-/m0/s1. The van der Waals surface area contributed by atoms with Crippen LogP contribution >= 0.6 is 0 Å². The SMILES string of the molecule is Nc1ccccc1N1CCC[C@H]1CO. The number of nitrogens with zero attached hydrogens (tertiary/aromatic N) is 1. The van der Waals surface area contributed by atoms with E-state index >= 15 is 0 Å². The van der Waals surface area contributed by atoms with Crippen molar-refractivity contribution >= 4 is 11.4 Å². The van der Waals surface area contributed by atoms with Crippen LogP contribution in [0.1, 0.15) is 12.8 Å². The van der Waals surface area contributed by atoms with Crippen LogP contribution in [0.5, 0.6) is 0 Å². The van der Waals surface area contributed by atoms with E-state index in [0.717, 1.165) is 30.8 Å². The molecule has 1 aromatic carbocycles. The average Bonchev–Trinajstić information content (AvgIpc) is 2.66. The quantitative estimate of drug-likeness (QED) is 0.693. The Labute approximate surface area is 84.1 Å². The van der Waals surface area contributed by atoms with Gasteiger partial charge >= 0.3 is 0 Å². The lowest BCUT2D eigenvalue weighted by molar-refractivity contribution is 0.266. The van der Waals surface area contributed by atoms with Crippen LogP contribution in [-0.2, 0) is 0 Å². The van der Waals surface area contributed by atoms with Gasteiger partial charge < -0.3 is 15.7 Å². The van der Waals surface area contributed by atoms with Gasteiger partial charge in [-0.1, -0.05) is 12.1 Å². The summed E-state index contributed by atoms with van der Waals surface area (Å²) in [6, 6.07) is 8.09. The summed E-state index contributed by atoms with van der Waals surface area (Å²) in [5, 5.41) is 9.21. The molecule has 2 rings (SSSR count). The van der Waals surface area contributed by atoms with Crippen LogP contribution in [-0.4, -0.2) is 24.3 Å². The van der Waals surface area contributed by atoms with Crippen LogP contribution in [0, 0.1) is 0 Å². The fourth-order valence-electron chi connectivity index (χ4n) is 2.09. The fourth-order valence-corrected chi connectivity index (χ4v) is 2.09. The molecule has 76 valence electrons. The number of anilines is 2. The molecule has 0 aromatic heterocycles. The molecule has 1 saturated heterocycles. The Kier molecular flexibility index (Phi) is 2.59. The van der Waals surface area contributed by atoms with E-state index in [1.165, 1.54) is 0 Å². The van der Waals surface area contributed by atoms with Crippen LogP contribution in [0.3, 0.4) is 0 Å². The second-order valence-corrected chi connectivity index (χ2v) is 3.73. The van der Waals surface area contributed by atoms with Crippen LogP contribution in [0.15, 0.2) is 24.3 Å². The van der Waals surface area contributed by atoms with Crippen molar-refractivity contribution in [2.45, 2.75) is 18.9 Å². The van der Waals surface area contributed by atoms with Crippen molar-refractivity contribution in [1.29, 1.82) is 0 Å². The largest absolute Gasteiger partial charge is 0.397 e. The third kappa shape index (κ3) is 1.55. The van der Waals surface area contributed by atoms with Crippen LogP contribution < -0.4 is 10.6 Å². The molecule has 14 heavy (non-hydrogen) atoms. The second kappa shape index (κ2) is 3.88. The number of hydrogen-bond acceptors (Lipinski definition) is 3. The summed E-state index contributed by atoms with van der Waals surface area (Å²) < 4.78 is 0. The van der Waals surface area contributed by atoms with Gasteiger partial charge in [-0.05, 0) is 25.0 Å². The zero-order valence-electron chi connectivity index (χ0n) is 8.19. The third-order valence-corrected chi connectivity index (χ3v) is 2.83. The van der Waals surface area contributed by atoms with Gasteiger partial charge in [-0.2, -0.15) is 0 Å². The highest BCUT2D eigenvalue weighted by atomic mass is 16.3. The maximum Gasteiger partial charge on any atom is 0.0635 e. The number of nitrogen functional groups attached to an aromatic ring is 1. The van der Waals surface area contributed by atoms with Gasteiger partial charge in [-0.3, -0.25) is 0 Å². The van der Waals surface area contributed by atoms with Crippen molar-refractivity contribution in [3.8, 4) is 0 Å². The van der Waals surface area contributed by atoms with Crippen molar-refractivity contribution in [2.24, 2.45) is 0 Å². The fraction of sp³-hybridized carbons (Fsp3) is 0.455. The maximum absolute atomic E-state index is 9.21. The van der Waals surface area contributed by atoms with Crippen LogP contribution in [0.2, 0.25) is 0 Å². The first-order chi connectivity index (χ1) is 6.83. The van der Waals surface area contributed by atoms with Gasteiger partial charge in [0.1, 0.15) is 0 Å². The Morgan fingerprint density at radius 2 is 2.21 bits per heavy atom. The van der Waals surface area contributed by atoms with E-state index in [-0.39, 0.29) is 12.6 Å². The molecule has 3 heteroatoms. The number of aliphatic hydroxyl groups excluding tert-OH is 1. The van der Waals surface area contributed by atoms with Gasteiger partial charge in [0.05, 0.1) is 24.0 Å². The Bertz CT molecular complexity index is 314. The second-order valence-electron chi connectivity index (χ2n) is 3.73. The maximum atomic E-state index is 9.21. The van der Waals surface area contributed by atoms with E-state index in [0.29, 0.717) is 0 Å². The van der Waals surface area contributed by atoms with E-state index in [1.54, 1.807) is 0 Å². The Morgan fingerprint density at radius 3 is 2.93 bits per heavy atom. The number of rotatable bonds is 2. The minimum absolute atomic E-state index is 0.217. The lowest BCUT2D eigenvalue weighted by Crippen LogP contribution is -2.32. The molecule has 0 bridgehead atoms. The Balaban J connectivity index is 2.26. The molecule has 0 radical (unpaired) electrons. The molecule has 0 saturated carbocycles. The number of para-hydroxylation sites is 2. The van der Waals surface area contributed by atoms with E-state index < -0.39 is 0 Å². The molecule has 0 spiro atoms. The summed E-state index contributed by atoms with van der Waals surface area (Å²) in [6.45, 7) is 1.22. The molecule has 1 aromatic rings. The first kappa shape index (κ1) is 9.34. The van der Waals surface area contributed by atoms with Crippen molar-refractivity contribution < 1.29 is 5.11 Å². The number of aliphatic hydroxyl groups is 1. The van der Waals surface area contributed by atoms with Crippen molar-refractivity contribution in [1.82, 2.24) is 0 Å². The topological polar surface area (TPSA) is 49.5 Å². The summed E-state index contributed by atoms with van der Waals surface area (Å²) in [6.07, 6.45) is 2.20. The minimum atomic E-state index is 0.217. The summed E-state index contributed by atoms with van der Waals surface area (Å²) >= 11 is 0. The smallest absolute Gasteiger partial charge is 0.0635 e. The molecule has 3 N–H and O–H groups in total. The predicted molar refractivity (Wildman–Crippen MR) is 58.3 cm³/mol. The summed E-state index contributed by atoms with van der Waals surface area (Å²) in [5.74, 6) is 0. The van der Waals surface area contributed by atoms with Crippen molar-refractivity contribution in [2.75, 3.05) is 23.8 Å². The number of nitrogens with two attached hydrogens (primary N) is 1. The zero-order chi connectivity index (χ0) is 9.97. The van der Waals surface area contributed by atoms with Crippen LogP contribution in [0.4, 0.5) is 11.4 Å². The van der Waals surface area contributed by atoms with Gasteiger partial charge in [0.15, 0.2) is 0 Å². The number of hydrogen-bond donors (Lipinski definition) is 2. The van der Waals surface area contributed by atoms with E-state index in [1.807, 2.05) is 24.3 Å². The molecular formula is C11H16N2O. The van der Waals surface area contributed by atoms with Gasteiger partial charge in [-0.15, -0.1) is 0 Å². The summed E-state index contributed by atoms with van der Waals surface area (Å²) in [5.41, 5.74) is 7.75. The Hall–Kier alpha value is -1.22. The first-order valence-electron chi connectivity index (χ1n) is 5.05. The molecule has 1 aliphatic rings.